The second kappa shape index (κ2) is 6.86. The van der Waals surface area contributed by atoms with Gasteiger partial charge in [0.25, 0.3) is 0 Å². The fourth-order valence-corrected chi connectivity index (χ4v) is 0.794. The van der Waals surface area contributed by atoms with E-state index in [-0.39, 0.29) is 0 Å². The summed E-state index contributed by atoms with van der Waals surface area (Å²) in [5, 5.41) is 17.8. The van der Waals surface area contributed by atoms with Crippen LogP contribution in [-0.4, -0.2) is 22.3 Å². The number of carboxylic acid groups (broad SMARTS) is 1. The molecular weight excluding hydrogens is 180 g/mol. The van der Waals surface area contributed by atoms with Gasteiger partial charge in [0.15, 0.2) is 6.10 Å². The van der Waals surface area contributed by atoms with E-state index in [0.717, 1.165) is 0 Å². The minimum atomic E-state index is -1.51. The molecule has 14 heavy (non-hydrogen) atoms. The number of aliphatic carboxylic acids is 1. The van der Waals surface area contributed by atoms with E-state index in [1.807, 2.05) is 6.92 Å². The van der Waals surface area contributed by atoms with Gasteiger partial charge in [-0.05, 0) is 12.5 Å². The normalized spacial score (nSPS) is 14.9. The van der Waals surface area contributed by atoms with Gasteiger partial charge in [0, 0.05) is 0 Å². The Morgan fingerprint density at radius 3 is 2.50 bits per heavy atom. The van der Waals surface area contributed by atoms with Crippen molar-refractivity contribution in [3.8, 4) is 0 Å². The topological polar surface area (TPSA) is 57.5 Å². The summed E-state index contributed by atoms with van der Waals surface area (Å²) >= 11 is 0. The summed E-state index contributed by atoms with van der Waals surface area (Å²) in [5.41, 5.74) is 0.297. The van der Waals surface area contributed by atoms with Crippen LogP contribution >= 0.6 is 0 Å². The minimum absolute atomic E-state index is 0.297. The summed E-state index contributed by atoms with van der Waals surface area (Å²) in [6, 6.07) is 0. The van der Waals surface area contributed by atoms with Crippen molar-refractivity contribution in [2.75, 3.05) is 0 Å². The lowest BCUT2D eigenvalue weighted by molar-refractivity contribution is -0.144. The Hall–Kier alpha value is -1.61. The smallest absolute Gasteiger partial charge is 0.337 e. The first-order valence-corrected chi connectivity index (χ1v) is 4.16. The molecular formula is C11H14O3. The molecule has 0 aromatic carbocycles. The van der Waals surface area contributed by atoms with Crippen LogP contribution in [0.15, 0.2) is 48.6 Å². The molecule has 1 unspecified atom stereocenters. The maximum Gasteiger partial charge on any atom is 0.337 e. The van der Waals surface area contributed by atoms with Crippen molar-refractivity contribution < 1.29 is 15.0 Å². The molecule has 0 saturated carbocycles. The fourth-order valence-electron chi connectivity index (χ4n) is 0.794. The van der Waals surface area contributed by atoms with Crippen molar-refractivity contribution in [3.63, 3.8) is 0 Å². The third-order valence-corrected chi connectivity index (χ3v) is 1.45. The van der Waals surface area contributed by atoms with Gasteiger partial charge in [-0.3, -0.25) is 0 Å². The number of carbonyl (C=O) groups is 1. The van der Waals surface area contributed by atoms with Crippen LogP contribution in [0.25, 0.3) is 0 Å². The summed E-state index contributed by atoms with van der Waals surface area (Å²) in [6.07, 6.45) is 8.11. The SMILES string of the molecule is C=C\C=C(/C=C\C=C/C)C(O)C(=O)O. The van der Waals surface area contributed by atoms with Crippen molar-refractivity contribution in [1.29, 1.82) is 0 Å². The lowest BCUT2D eigenvalue weighted by atomic mass is 10.1. The Bertz CT molecular complexity index is 285. The Morgan fingerprint density at radius 2 is 2.07 bits per heavy atom. The standard InChI is InChI=1S/C11H14O3/c1-3-5-6-8-9(7-4-2)10(12)11(13)14/h3-8,10,12H,2H2,1H3,(H,13,14)/b5-3-,8-6-,9-7+. The van der Waals surface area contributed by atoms with Crippen LogP contribution in [-0.2, 0) is 4.79 Å². The summed E-state index contributed by atoms with van der Waals surface area (Å²) in [6.45, 7) is 5.28. The minimum Gasteiger partial charge on any atom is -0.479 e. The first-order chi connectivity index (χ1) is 6.63. The molecule has 2 N–H and O–H groups in total. The summed E-state index contributed by atoms with van der Waals surface area (Å²) in [4.78, 5) is 10.5. The molecule has 0 radical (unpaired) electrons. The Balaban J connectivity index is 4.69. The quantitative estimate of drug-likeness (QED) is 0.654. The van der Waals surface area contributed by atoms with Crippen LogP contribution < -0.4 is 0 Å². The number of hydrogen-bond acceptors (Lipinski definition) is 2. The summed E-state index contributed by atoms with van der Waals surface area (Å²) < 4.78 is 0. The van der Waals surface area contributed by atoms with Gasteiger partial charge in [0.2, 0.25) is 0 Å². The van der Waals surface area contributed by atoms with E-state index in [1.54, 1.807) is 18.2 Å². The third kappa shape index (κ3) is 4.42. The molecule has 76 valence electrons. The predicted octanol–water partition coefficient (Wildman–Crippen LogP) is 1.68. The highest BCUT2D eigenvalue weighted by atomic mass is 16.4. The van der Waals surface area contributed by atoms with Crippen LogP contribution in [0.4, 0.5) is 0 Å². The highest BCUT2D eigenvalue weighted by Gasteiger charge is 2.15. The van der Waals surface area contributed by atoms with E-state index >= 15 is 0 Å². The molecule has 3 heteroatoms. The number of carboxylic acids is 1. The Morgan fingerprint density at radius 1 is 1.43 bits per heavy atom. The number of hydrogen-bond donors (Lipinski definition) is 2. The molecule has 0 bridgehead atoms. The average molecular weight is 194 g/mol. The highest BCUT2D eigenvalue weighted by Crippen LogP contribution is 2.05. The lowest BCUT2D eigenvalue weighted by Gasteiger charge is -2.04. The van der Waals surface area contributed by atoms with Gasteiger partial charge in [0.05, 0.1) is 0 Å². The van der Waals surface area contributed by atoms with Gasteiger partial charge in [-0.2, -0.15) is 0 Å². The summed E-state index contributed by atoms with van der Waals surface area (Å²) in [7, 11) is 0. The van der Waals surface area contributed by atoms with E-state index < -0.39 is 12.1 Å². The number of aliphatic hydroxyl groups is 1. The van der Waals surface area contributed by atoms with Gasteiger partial charge in [-0.1, -0.05) is 43.0 Å². The maximum atomic E-state index is 10.5. The van der Waals surface area contributed by atoms with Crippen LogP contribution in [0.5, 0.6) is 0 Å². The van der Waals surface area contributed by atoms with Crippen molar-refractivity contribution in [3.05, 3.63) is 48.6 Å². The Kier molecular flexibility index (Phi) is 6.07. The van der Waals surface area contributed by atoms with E-state index in [0.29, 0.717) is 5.57 Å². The highest BCUT2D eigenvalue weighted by molar-refractivity contribution is 5.77. The molecule has 3 nitrogen and oxygen atoms in total. The zero-order chi connectivity index (χ0) is 11.0. The zero-order valence-electron chi connectivity index (χ0n) is 8.05. The van der Waals surface area contributed by atoms with Crippen LogP contribution in [0, 0.1) is 0 Å². The van der Waals surface area contributed by atoms with Gasteiger partial charge >= 0.3 is 5.97 Å². The molecule has 0 aliphatic rings. The zero-order valence-corrected chi connectivity index (χ0v) is 8.05. The first-order valence-electron chi connectivity index (χ1n) is 4.16. The molecule has 0 aromatic heterocycles. The van der Waals surface area contributed by atoms with Gasteiger partial charge in [-0.15, -0.1) is 0 Å². The molecule has 0 aliphatic carbocycles. The second-order valence-corrected chi connectivity index (χ2v) is 2.53. The molecule has 0 fully saturated rings. The van der Waals surface area contributed by atoms with E-state index in [9.17, 15) is 9.90 Å². The van der Waals surface area contributed by atoms with Crippen LogP contribution in [0.3, 0.4) is 0 Å². The third-order valence-electron chi connectivity index (χ3n) is 1.45. The van der Waals surface area contributed by atoms with Crippen molar-refractivity contribution in [1.82, 2.24) is 0 Å². The molecule has 0 heterocycles. The summed E-state index contributed by atoms with van der Waals surface area (Å²) in [5.74, 6) is -1.27. The fraction of sp³-hybridized carbons (Fsp3) is 0.182. The lowest BCUT2D eigenvalue weighted by Crippen LogP contribution is -2.20. The van der Waals surface area contributed by atoms with Gasteiger partial charge < -0.3 is 10.2 Å². The van der Waals surface area contributed by atoms with E-state index in [1.165, 1.54) is 18.2 Å². The van der Waals surface area contributed by atoms with E-state index in [2.05, 4.69) is 6.58 Å². The van der Waals surface area contributed by atoms with Crippen molar-refractivity contribution in [2.24, 2.45) is 0 Å². The molecule has 1 atom stereocenters. The van der Waals surface area contributed by atoms with Crippen LogP contribution in [0.1, 0.15) is 6.92 Å². The monoisotopic (exact) mass is 194 g/mol. The molecule has 0 spiro atoms. The molecule has 0 aromatic rings. The number of allylic oxidation sites excluding steroid dienone is 5. The Labute approximate surface area is 83.4 Å². The number of rotatable bonds is 5. The average Bonchev–Trinajstić information content (AvgIpc) is 2.15. The molecule has 0 amide bonds. The van der Waals surface area contributed by atoms with E-state index in [4.69, 9.17) is 5.11 Å². The van der Waals surface area contributed by atoms with Gasteiger partial charge in [-0.25, -0.2) is 4.79 Å². The largest absolute Gasteiger partial charge is 0.479 e. The molecule has 0 aliphatic heterocycles. The van der Waals surface area contributed by atoms with Crippen molar-refractivity contribution in [2.45, 2.75) is 13.0 Å². The van der Waals surface area contributed by atoms with Gasteiger partial charge in [0.1, 0.15) is 0 Å². The van der Waals surface area contributed by atoms with Crippen LogP contribution in [0.2, 0.25) is 0 Å². The molecule has 0 saturated heterocycles. The molecule has 0 rings (SSSR count). The second-order valence-electron chi connectivity index (χ2n) is 2.53. The first kappa shape index (κ1) is 12.4. The maximum absolute atomic E-state index is 10.5. The predicted molar refractivity (Wildman–Crippen MR) is 55.9 cm³/mol. The van der Waals surface area contributed by atoms with Crippen molar-refractivity contribution >= 4 is 5.97 Å². The number of aliphatic hydroxyl groups excluding tert-OH is 1.